The molecule has 6 nitrogen and oxygen atoms in total. The molecule has 2 aliphatic heterocycles. The predicted molar refractivity (Wildman–Crippen MR) is 152 cm³/mol. The molecule has 2 saturated heterocycles. The van der Waals surface area contributed by atoms with Crippen LogP contribution in [0.5, 0.6) is 11.8 Å². The summed E-state index contributed by atoms with van der Waals surface area (Å²) in [7, 11) is 0. The number of nitrogens with zero attached hydrogens (tertiary/aromatic N) is 2. The Morgan fingerprint density at radius 3 is 1.95 bits per heavy atom. The lowest BCUT2D eigenvalue weighted by atomic mass is 9.95. The third-order valence-electron chi connectivity index (χ3n) is 7.40. The van der Waals surface area contributed by atoms with E-state index in [9.17, 15) is 0 Å². The summed E-state index contributed by atoms with van der Waals surface area (Å²) in [5, 5.41) is 0. The average Bonchev–Trinajstić information content (AvgIpc) is 3.56. The monoisotopic (exact) mass is 522 g/mol. The Bertz CT molecular complexity index is 1320. The Hall–Kier alpha value is -3.87. The van der Waals surface area contributed by atoms with Crippen LogP contribution in [0.15, 0.2) is 97.1 Å². The van der Waals surface area contributed by atoms with Crippen molar-refractivity contribution in [1.29, 1.82) is 0 Å². The van der Waals surface area contributed by atoms with Crippen LogP contribution in [0, 0.1) is 5.92 Å². The van der Waals surface area contributed by atoms with Crippen LogP contribution in [0.1, 0.15) is 24.0 Å². The van der Waals surface area contributed by atoms with Crippen LogP contribution in [0.2, 0.25) is 0 Å². The summed E-state index contributed by atoms with van der Waals surface area (Å²) >= 11 is 0. The molecule has 200 valence electrons. The van der Waals surface area contributed by atoms with Crippen molar-refractivity contribution in [3.8, 4) is 22.9 Å². The Morgan fingerprint density at radius 2 is 1.31 bits per heavy atom. The molecule has 0 atom stereocenters. The molecule has 6 heteroatoms. The molecule has 4 aromatic rings. The molecule has 2 fully saturated rings. The maximum Gasteiger partial charge on any atom is 0.225 e. The number of hydrogen-bond acceptors (Lipinski definition) is 6. The molecule has 0 aliphatic carbocycles. The first-order valence-corrected chi connectivity index (χ1v) is 13.7. The predicted octanol–water partition coefficient (Wildman–Crippen LogP) is 6.50. The summed E-state index contributed by atoms with van der Waals surface area (Å²) in [4.78, 5) is 7.20. The van der Waals surface area contributed by atoms with Crippen molar-refractivity contribution in [2.75, 3.05) is 31.2 Å². The van der Waals surface area contributed by atoms with Crippen LogP contribution in [0.3, 0.4) is 0 Å². The van der Waals surface area contributed by atoms with Gasteiger partial charge in [0.1, 0.15) is 13.2 Å². The minimum absolute atomic E-state index is 0.0176. The Morgan fingerprint density at radius 1 is 0.692 bits per heavy atom. The van der Waals surface area contributed by atoms with Crippen molar-refractivity contribution in [2.24, 2.45) is 5.92 Å². The van der Waals surface area contributed by atoms with Crippen LogP contribution in [-0.2, 0) is 22.7 Å². The van der Waals surface area contributed by atoms with Gasteiger partial charge in [-0.2, -0.15) is 4.98 Å². The molecule has 1 aromatic heterocycles. The van der Waals surface area contributed by atoms with Gasteiger partial charge >= 0.3 is 0 Å². The van der Waals surface area contributed by atoms with E-state index in [1.165, 1.54) is 5.69 Å². The lowest BCUT2D eigenvalue weighted by molar-refractivity contribution is -0.0889. The molecule has 6 rings (SSSR count). The van der Waals surface area contributed by atoms with Crippen LogP contribution < -0.4 is 14.4 Å². The van der Waals surface area contributed by atoms with E-state index in [0.29, 0.717) is 30.9 Å². The molecule has 0 unspecified atom stereocenters. The topological polar surface area (TPSA) is 53.1 Å². The number of anilines is 1. The number of hydrogen-bond donors (Lipinski definition) is 0. The van der Waals surface area contributed by atoms with Gasteiger partial charge in [0.15, 0.2) is 6.29 Å². The molecular formula is C33H34N2O4. The van der Waals surface area contributed by atoms with E-state index in [1.54, 1.807) is 0 Å². The van der Waals surface area contributed by atoms with Crippen molar-refractivity contribution >= 4 is 5.69 Å². The average molecular weight is 523 g/mol. The van der Waals surface area contributed by atoms with Crippen molar-refractivity contribution < 1.29 is 18.9 Å². The van der Waals surface area contributed by atoms with Gasteiger partial charge in [-0.1, -0.05) is 72.8 Å². The number of rotatable bonds is 9. The zero-order valence-corrected chi connectivity index (χ0v) is 22.1. The second-order valence-electron chi connectivity index (χ2n) is 10.0. The fraction of sp³-hybridized carbons (Fsp3) is 0.303. The van der Waals surface area contributed by atoms with Gasteiger partial charge in [0.2, 0.25) is 11.8 Å². The molecular weight excluding hydrogens is 488 g/mol. The fourth-order valence-corrected chi connectivity index (χ4v) is 5.22. The van der Waals surface area contributed by atoms with E-state index in [2.05, 4.69) is 41.3 Å². The molecule has 0 bridgehead atoms. The molecule has 0 saturated carbocycles. The van der Waals surface area contributed by atoms with Crippen molar-refractivity contribution in [2.45, 2.75) is 32.3 Å². The number of benzene rings is 3. The Labute approximate surface area is 230 Å². The molecule has 0 N–H and O–H groups in total. The molecule has 0 radical (unpaired) electrons. The van der Waals surface area contributed by atoms with Crippen LogP contribution in [0.4, 0.5) is 5.69 Å². The molecule has 3 aromatic carbocycles. The van der Waals surface area contributed by atoms with Gasteiger partial charge in [-0.25, -0.2) is 0 Å². The van der Waals surface area contributed by atoms with Gasteiger partial charge in [-0.05, 0) is 47.7 Å². The highest BCUT2D eigenvalue weighted by atomic mass is 16.7. The first kappa shape index (κ1) is 25.4. The van der Waals surface area contributed by atoms with Crippen molar-refractivity contribution in [1.82, 2.24) is 4.98 Å². The number of piperidine rings is 1. The quantitative estimate of drug-likeness (QED) is 0.250. The lowest BCUT2D eigenvalue weighted by Gasteiger charge is -2.35. The normalized spacial score (nSPS) is 16.4. The van der Waals surface area contributed by atoms with Crippen molar-refractivity contribution in [3.63, 3.8) is 0 Å². The second kappa shape index (κ2) is 12.3. The van der Waals surface area contributed by atoms with Gasteiger partial charge in [-0.3, -0.25) is 0 Å². The van der Waals surface area contributed by atoms with E-state index in [4.69, 9.17) is 23.9 Å². The Kier molecular flexibility index (Phi) is 8.03. The highest BCUT2D eigenvalue weighted by Gasteiger charge is 2.30. The lowest BCUT2D eigenvalue weighted by Crippen LogP contribution is -2.38. The van der Waals surface area contributed by atoms with Gasteiger partial charge in [-0.15, -0.1) is 0 Å². The minimum atomic E-state index is -0.0176. The van der Waals surface area contributed by atoms with Gasteiger partial charge in [0, 0.05) is 36.3 Å². The smallest absolute Gasteiger partial charge is 0.225 e. The minimum Gasteiger partial charge on any atom is -0.473 e. The highest BCUT2D eigenvalue weighted by molar-refractivity contribution is 5.71. The highest BCUT2D eigenvalue weighted by Crippen LogP contribution is 2.34. The second-order valence-corrected chi connectivity index (χ2v) is 10.0. The van der Waals surface area contributed by atoms with Gasteiger partial charge < -0.3 is 23.8 Å². The largest absolute Gasteiger partial charge is 0.473 e. The SMILES string of the molecule is c1ccc(COc2ccc(-c3ccc(N4CCC(C5OCCO5)CC4)cc3)c(OCc3ccccc3)n2)cc1. The summed E-state index contributed by atoms with van der Waals surface area (Å²) in [5.74, 6) is 1.59. The van der Waals surface area contributed by atoms with Crippen LogP contribution in [-0.4, -0.2) is 37.6 Å². The van der Waals surface area contributed by atoms with Crippen LogP contribution in [0.25, 0.3) is 11.1 Å². The molecule has 3 heterocycles. The summed E-state index contributed by atoms with van der Waals surface area (Å²) in [5.41, 5.74) is 5.42. The number of ether oxygens (including phenoxy) is 4. The summed E-state index contributed by atoms with van der Waals surface area (Å²) in [6.07, 6.45) is 2.15. The first-order chi connectivity index (χ1) is 19.3. The molecule has 0 amide bonds. The van der Waals surface area contributed by atoms with Crippen molar-refractivity contribution in [3.05, 3.63) is 108 Å². The Balaban J connectivity index is 1.17. The van der Waals surface area contributed by atoms with Crippen LogP contribution >= 0.6 is 0 Å². The standard InChI is InChI=1S/C33H34N2O4/c1-3-7-25(8-4-1)23-38-31-16-15-30(32(34-31)39-24-26-9-5-2-6-10-26)27-11-13-29(14-12-27)35-19-17-28(18-20-35)33-36-21-22-37-33/h1-16,28,33H,17-24H2. The molecule has 39 heavy (non-hydrogen) atoms. The fourth-order valence-electron chi connectivity index (χ4n) is 5.22. The summed E-state index contributed by atoms with van der Waals surface area (Å²) in [6.45, 7) is 4.35. The zero-order chi connectivity index (χ0) is 26.3. The first-order valence-electron chi connectivity index (χ1n) is 13.7. The number of aromatic nitrogens is 1. The van der Waals surface area contributed by atoms with Gasteiger partial charge in [0.05, 0.1) is 13.2 Å². The van der Waals surface area contributed by atoms with E-state index < -0.39 is 0 Å². The van der Waals surface area contributed by atoms with E-state index in [-0.39, 0.29) is 6.29 Å². The third kappa shape index (κ3) is 6.41. The summed E-state index contributed by atoms with van der Waals surface area (Å²) in [6, 6.07) is 32.9. The molecule has 2 aliphatic rings. The third-order valence-corrected chi connectivity index (χ3v) is 7.40. The van der Waals surface area contributed by atoms with E-state index in [1.807, 2.05) is 60.7 Å². The van der Waals surface area contributed by atoms with Gasteiger partial charge in [0.25, 0.3) is 0 Å². The maximum absolute atomic E-state index is 6.25. The van der Waals surface area contributed by atoms with E-state index >= 15 is 0 Å². The molecule has 0 spiro atoms. The summed E-state index contributed by atoms with van der Waals surface area (Å²) < 4.78 is 23.7. The van der Waals surface area contributed by atoms with E-state index in [0.717, 1.165) is 61.4 Å². The maximum atomic E-state index is 6.25. The number of pyridine rings is 1. The zero-order valence-electron chi connectivity index (χ0n) is 22.1.